The number of carbonyl (C=O) groups excluding carboxylic acids is 2. The van der Waals surface area contributed by atoms with Crippen molar-refractivity contribution in [1.29, 1.82) is 0 Å². The van der Waals surface area contributed by atoms with Crippen molar-refractivity contribution in [2.24, 2.45) is 17.4 Å². The molecule has 1 atom stereocenters. The van der Waals surface area contributed by atoms with Gasteiger partial charge in [-0.1, -0.05) is 13.8 Å². The van der Waals surface area contributed by atoms with E-state index in [2.05, 4.69) is 10.4 Å². The fraction of sp³-hybridized carbons (Fsp3) is 0.500. The topological polar surface area (TPSA) is 116 Å². The van der Waals surface area contributed by atoms with Crippen LogP contribution in [0, 0.1) is 5.92 Å². The van der Waals surface area contributed by atoms with Gasteiger partial charge in [0.15, 0.2) is 0 Å². The van der Waals surface area contributed by atoms with E-state index < -0.39 is 11.9 Å². The highest BCUT2D eigenvalue weighted by Gasteiger charge is 2.17. The fourth-order valence-electron chi connectivity index (χ4n) is 1.20. The van der Waals surface area contributed by atoms with E-state index in [1.54, 1.807) is 0 Å². The first-order valence-corrected chi connectivity index (χ1v) is 5.27. The number of carbonyl (C=O) groups is 2. The molecular weight excluding hydrogens is 222 g/mol. The van der Waals surface area contributed by atoms with Crippen molar-refractivity contribution in [2.75, 3.05) is 5.32 Å². The molecule has 1 heterocycles. The number of hydrogen-bond acceptors (Lipinski definition) is 4. The van der Waals surface area contributed by atoms with Crippen LogP contribution in [0.2, 0.25) is 0 Å². The maximum atomic E-state index is 11.6. The molecular formula is C10H17N5O2. The van der Waals surface area contributed by atoms with Gasteiger partial charge in [0, 0.05) is 6.20 Å². The van der Waals surface area contributed by atoms with E-state index in [-0.39, 0.29) is 18.4 Å². The molecule has 5 N–H and O–H groups in total. The molecule has 0 saturated heterocycles. The Bertz CT molecular complexity index is 413. The summed E-state index contributed by atoms with van der Waals surface area (Å²) in [6.45, 7) is 3.70. The predicted octanol–water partition coefficient (Wildman–Crippen LogP) is -0.710. The molecule has 0 aromatic carbocycles. The minimum Gasteiger partial charge on any atom is -0.368 e. The minimum absolute atomic E-state index is 0.0217. The third-order valence-corrected chi connectivity index (χ3v) is 2.24. The Hall–Kier alpha value is -1.89. The lowest BCUT2D eigenvalue weighted by molar-refractivity contribution is -0.119. The maximum Gasteiger partial charge on any atom is 0.241 e. The normalized spacial score (nSPS) is 12.5. The second-order valence-electron chi connectivity index (χ2n) is 4.15. The van der Waals surface area contributed by atoms with Gasteiger partial charge in [-0.3, -0.25) is 14.3 Å². The lowest BCUT2D eigenvalue weighted by atomic mass is 10.1. The van der Waals surface area contributed by atoms with Crippen LogP contribution in [0.4, 0.5) is 5.69 Å². The summed E-state index contributed by atoms with van der Waals surface area (Å²) < 4.78 is 1.35. The molecule has 0 fully saturated rings. The van der Waals surface area contributed by atoms with Crippen LogP contribution in [-0.2, 0) is 16.1 Å². The van der Waals surface area contributed by atoms with Crippen LogP contribution < -0.4 is 16.8 Å². The van der Waals surface area contributed by atoms with Gasteiger partial charge in [0.1, 0.15) is 6.54 Å². The molecule has 1 unspecified atom stereocenters. The Morgan fingerprint density at radius 1 is 1.53 bits per heavy atom. The van der Waals surface area contributed by atoms with E-state index in [4.69, 9.17) is 11.5 Å². The van der Waals surface area contributed by atoms with Gasteiger partial charge in [-0.15, -0.1) is 0 Å². The first-order valence-electron chi connectivity index (χ1n) is 5.27. The smallest absolute Gasteiger partial charge is 0.241 e. The number of amides is 2. The van der Waals surface area contributed by atoms with Crippen LogP contribution in [0.15, 0.2) is 12.4 Å². The Labute approximate surface area is 99.1 Å². The zero-order valence-corrected chi connectivity index (χ0v) is 9.88. The number of rotatable bonds is 5. The fourth-order valence-corrected chi connectivity index (χ4v) is 1.20. The lowest BCUT2D eigenvalue weighted by Crippen LogP contribution is -2.39. The van der Waals surface area contributed by atoms with Crippen molar-refractivity contribution in [2.45, 2.75) is 26.4 Å². The summed E-state index contributed by atoms with van der Waals surface area (Å²) in [5.41, 5.74) is 11.2. The number of primary amides is 1. The van der Waals surface area contributed by atoms with Crippen molar-refractivity contribution in [3.63, 3.8) is 0 Å². The molecule has 0 radical (unpaired) electrons. The Kier molecular flexibility index (Phi) is 4.22. The minimum atomic E-state index is -0.575. The molecule has 0 saturated carbocycles. The van der Waals surface area contributed by atoms with Gasteiger partial charge in [-0.2, -0.15) is 5.10 Å². The van der Waals surface area contributed by atoms with Gasteiger partial charge in [0.2, 0.25) is 11.8 Å². The SMILES string of the molecule is CC(C)C(N)C(=O)Nc1cnn(CC(N)=O)c1. The van der Waals surface area contributed by atoms with E-state index in [0.29, 0.717) is 5.69 Å². The van der Waals surface area contributed by atoms with Gasteiger partial charge in [0.05, 0.1) is 17.9 Å². The van der Waals surface area contributed by atoms with E-state index >= 15 is 0 Å². The monoisotopic (exact) mass is 239 g/mol. The van der Waals surface area contributed by atoms with Gasteiger partial charge < -0.3 is 16.8 Å². The van der Waals surface area contributed by atoms with Crippen molar-refractivity contribution >= 4 is 17.5 Å². The largest absolute Gasteiger partial charge is 0.368 e. The molecule has 1 rings (SSSR count). The predicted molar refractivity (Wildman–Crippen MR) is 62.9 cm³/mol. The van der Waals surface area contributed by atoms with Crippen LogP contribution in [0.25, 0.3) is 0 Å². The first kappa shape index (κ1) is 13.2. The summed E-state index contributed by atoms with van der Waals surface area (Å²) in [7, 11) is 0. The molecule has 7 nitrogen and oxygen atoms in total. The zero-order valence-electron chi connectivity index (χ0n) is 9.88. The first-order chi connectivity index (χ1) is 7.90. The maximum absolute atomic E-state index is 11.6. The second-order valence-corrected chi connectivity index (χ2v) is 4.15. The highest BCUT2D eigenvalue weighted by molar-refractivity contribution is 5.94. The van der Waals surface area contributed by atoms with E-state index in [1.807, 2.05) is 13.8 Å². The van der Waals surface area contributed by atoms with Gasteiger partial charge in [-0.05, 0) is 5.92 Å². The lowest BCUT2D eigenvalue weighted by Gasteiger charge is -2.14. The van der Waals surface area contributed by atoms with Gasteiger partial charge in [0.25, 0.3) is 0 Å². The molecule has 0 spiro atoms. The third-order valence-electron chi connectivity index (χ3n) is 2.24. The van der Waals surface area contributed by atoms with Crippen LogP contribution in [0.3, 0.4) is 0 Å². The van der Waals surface area contributed by atoms with Crippen molar-refractivity contribution in [3.05, 3.63) is 12.4 Å². The Morgan fingerprint density at radius 2 is 2.18 bits per heavy atom. The summed E-state index contributed by atoms with van der Waals surface area (Å²) in [4.78, 5) is 22.3. The summed E-state index contributed by atoms with van der Waals surface area (Å²) in [5.74, 6) is -0.723. The quantitative estimate of drug-likeness (QED) is 0.629. The van der Waals surface area contributed by atoms with Crippen molar-refractivity contribution < 1.29 is 9.59 Å². The average Bonchev–Trinajstić information content (AvgIpc) is 2.63. The number of nitrogens with one attached hydrogen (secondary N) is 1. The van der Waals surface area contributed by atoms with Crippen LogP contribution in [0.1, 0.15) is 13.8 Å². The van der Waals surface area contributed by atoms with Gasteiger partial charge >= 0.3 is 0 Å². The average molecular weight is 239 g/mol. The van der Waals surface area contributed by atoms with E-state index in [0.717, 1.165) is 0 Å². The van der Waals surface area contributed by atoms with Crippen LogP contribution in [0.5, 0.6) is 0 Å². The summed E-state index contributed by atoms with van der Waals surface area (Å²) >= 11 is 0. The molecule has 0 aliphatic carbocycles. The van der Waals surface area contributed by atoms with Crippen LogP contribution in [-0.4, -0.2) is 27.6 Å². The summed E-state index contributed by atoms with van der Waals surface area (Å²) in [6.07, 6.45) is 2.96. The van der Waals surface area contributed by atoms with E-state index in [9.17, 15) is 9.59 Å². The number of nitrogens with two attached hydrogens (primary N) is 2. The number of aromatic nitrogens is 2. The molecule has 7 heteroatoms. The van der Waals surface area contributed by atoms with Crippen molar-refractivity contribution in [3.8, 4) is 0 Å². The molecule has 2 amide bonds. The second kappa shape index (κ2) is 5.44. The molecule has 0 bridgehead atoms. The summed E-state index contributed by atoms with van der Waals surface area (Å²) in [6, 6.07) is -0.575. The van der Waals surface area contributed by atoms with E-state index in [1.165, 1.54) is 17.1 Å². The molecule has 1 aromatic heterocycles. The standard InChI is InChI=1S/C10H17N5O2/c1-6(2)9(12)10(17)14-7-3-13-15(4-7)5-8(11)16/h3-4,6,9H,5,12H2,1-2H3,(H2,11,16)(H,14,17). The molecule has 0 aliphatic rings. The Balaban J connectivity index is 2.60. The number of hydrogen-bond donors (Lipinski definition) is 3. The highest BCUT2D eigenvalue weighted by Crippen LogP contribution is 2.07. The number of anilines is 1. The highest BCUT2D eigenvalue weighted by atomic mass is 16.2. The molecule has 1 aromatic rings. The molecule has 17 heavy (non-hydrogen) atoms. The van der Waals surface area contributed by atoms with Crippen LogP contribution >= 0.6 is 0 Å². The molecule has 94 valence electrons. The Morgan fingerprint density at radius 3 is 2.71 bits per heavy atom. The third kappa shape index (κ3) is 3.87. The van der Waals surface area contributed by atoms with Gasteiger partial charge in [-0.25, -0.2) is 0 Å². The van der Waals surface area contributed by atoms with Crippen molar-refractivity contribution in [1.82, 2.24) is 9.78 Å². The summed E-state index contributed by atoms with van der Waals surface area (Å²) in [5, 5.41) is 6.49. The zero-order chi connectivity index (χ0) is 13.0. The molecule has 0 aliphatic heterocycles. The number of nitrogens with zero attached hydrogens (tertiary/aromatic N) is 2.